The van der Waals surface area contributed by atoms with E-state index in [1.165, 1.54) is 0 Å². The van der Waals surface area contributed by atoms with Crippen LogP contribution in [0.3, 0.4) is 0 Å². The molecule has 3 aromatic rings. The lowest BCUT2D eigenvalue weighted by Gasteiger charge is -2.11. The number of aryl methyl sites for hydroxylation is 2. The number of nitrogens with two attached hydrogens (primary N) is 1. The predicted octanol–water partition coefficient (Wildman–Crippen LogP) is 3.64. The Labute approximate surface area is 117 Å². The molecular weight excluding hydrogens is 250 g/mol. The first-order chi connectivity index (χ1) is 9.63. The monoisotopic (exact) mass is 267 g/mol. The number of benzene rings is 1. The summed E-state index contributed by atoms with van der Waals surface area (Å²) in [5.74, 6) is 1.84. The van der Waals surface area contributed by atoms with Crippen molar-refractivity contribution in [1.29, 1.82) is 0 Å². The number of nitrogens with zero attached hydrogens (tertiary/aromatic N) is 1. The van der Waals surface area contributed by atoms with E-state index in [1.54, 1.807) is 0 Å². The van der Waals surface area contributed by atoms with Gasteiger partial charge in [-0.2, -0.15) is 0 Å². The van der Waals surface area contributed by atoms with Gasteiger partial charge in [-0.05, 0) is 44.2 Å². The summed E-state index contributed by atoms with van der Waals surface area (Å²) in [7, 11) is 0. The summed E-state index contributed by atoms with van der Waals surface area (Å²) >= 11 is 0. The molecule has 0 aliphatic rings. The molecule has 0 spiro atoms. The molecule has 0 unspecified atom stereocenters. The SMILES string of the molecule is Cc1cc2c(NCc3ccc(C)o3)ccc(N)c2cn1. The quantitative estimate of drug-likeness (QED) is 0.711. The molecule has 0 atom stereocenters. The van der Waals surface area contributed by atoms with Crippen LogP contribution in [0.1, 0.15) is 17.2 Å². The van der Waals surface area contributed by atoms with Crippen LogP contribution in [0.5, 0.6) is 0 Å². The molecule has 4 nitrogen and oxygen atoms in total. The van der Waals surface area contributed by atoms with E-state index in [0.29, 0.717) is 6.54 Å². The zero-order valence-corrected chi connectivity index (χ0v) is 11.6. The Morgan fingerprint density at radius 1 is 1.15 bits per heavy atom. The third-order valence-corrected chi connectivity index (χ3v) is 3.32. The molecule has 0 amide bonds. The minimum atomic E-state index is 0.647. The standard InChI is InChI=1S/C16H17N3O/c1-10-7-13-14(9-18-10)15(17)5-6-16(13)19-8-12-4-3-11(2)20-12/h3-7,9,19H,8,17H2,1-2H3. The Morgan fingerprint density at radius 2 is 2.00 bits per heavy atom. The number of aromatic nitrogens is 1. The molecule has 0 bridgehead atoms. The number of anilines is 2. The summed E-state index contributed by atoms with van der Waals surface area (Å²) < 4.78 is 5.57. The first kappa shape index (κ1) is 12.5. The molecule has 0 saturated carbocycles. The van der Waals surface area contributed by atoms with Crippen LogP contribution in [0.4, 0.5) is 11.4 Å². The van der Waals surface area contributed by atoms with Gasteiger partial charge >= 0.3 is 0 Å². The maximum Gasteiger partial charge on any atom is 0.123 e. The maximum absolute atomic E-state index is 6.00. The number of nitrogen functional groups attached to an aromatic ring is 1. The van der Waals surface area contributed by atoms with Crippen LogP contribution in [0, 0.1) is 13.8 Å². The second-order valence-corrected chi connectivity index (χ2v) is 4.94. The van der Waals surface area contributed by atoms with E-state index in [0.717, 1.165) is 39.4 Å². The third-order valence-electron chi connectivity index (χ3n) is 3.32. The molecular formula is C16H17N3O. The molecule has 4 heteroatoms. The van der Waals surface area contributed by atoms with Crippen LogP contribution in [-0.4, -0.2) is 4.98 Å². The molecule has 0 aliphatic heterocycles. The highest BCUT2D eigenvalue weighted by Gasteiger charge is 2.06. The number of furan rings is 1. The Morgan fingerprint density at radius 3 is 2.75 bits per heavy atom. The first-order valence-electron chi connectivity index (χ1n) is 6.57. The summed E-state index contributed by atoms with van der Waals surface area (Å²) in [5, 5.41) is 5.45. The average molecular weight is 267 g/mol. The molecule has 0 saturated heterocycles. The molecule has 0 aliphatic carbocycles. The fourth-order valence-corrected chi connectivity index (χ4v) is 2.28. The van der Waals surface area contributed by atoms with Crippen molar-refractivity contribution in [2.75, 3.05) is 11.1 Å². The van der Waals surface area contributed by atoms with E-state index in [9.17, 15) is 0 Å². The van der Waals surface area contributed by atoms with Crippen molar-refractivity contribution >= 4 is 22.1 Å². The highest BCUT2D eigenvalue weighted by atomic mass is 16.3. The first-order valence-corrected chi connectivity index (χ1v) is 6.57. The largest absolute Gasteiger partial charge is 0.465 e. The molecule has 3 rings (SSSR count). The molecule has 2 heterocycles. The lowest BCUT2D eigenvalue weighted by atomic mass is 10.1. The molecule has 1 aromatic carbocycles. The van der Waals surface area contributed by atoms with Crippen molar-refractivity contribution < 1.29 is 4.42 Å². The summed E-state index contributed by atoms with van der Waals surface area (Å²) in [5.41, 5.74) is 8.75. The van der Waals surface area contributed by atoms with Crippen molar-refractivity contribution in [1.82, 2.24) is 4.98 Å². The van der Waals surface area contributed by atoms with Gasteiger partial charge in [-0.1, -0.05) is 0 Å². The molecule has 3 N–H and O–H groups in total. The molecule has 102 valence electrons. The number of nitrogens with one attached hydrogen (secondary N) is 1. The highest BCUT2D eigenvalue weighted by Crippen LogP contribution is 2.28. The zero-order chi connectivity index (χ0) is 14.1. The minimum Gasteiger partial charge on any atom is -0.465 e. The molecule has 0 fully saturated rings. The number of hydrogen-bond donors (Lipinski definition) is 2. The van der Waals surface area contributed by atoms with E-state index in [1.807, 2.05) is 50.4 Å². The van der Waals surface area contributed by atoms with Crippen LogP contribution in [0.25, 0.3) is 10.8 Å². The molecule has 20 heavy (non-hydrogen) atoms. The lowest BCUT2D eigenvalue weighted by molar-refractivity contribution is 0.490. The number of fused-ring (bicyclic) bond motifs is 1. The molecule has 0 radical (unpaired) electrons. The predicted molar refractivity (Wildman–Crippen MR) is 81.7 cm³/mol. The van der Waals surface area contributed by atoms with Crippen molar-refractivity contribution in [3.8, 4) is 0 Å². The van der Waals surface area contributed by atoms with E-state index in [4.69, 9.17) is 10.2 Å². The zero-order valence-electron chi connectivity index (χ0n) is 11.6. The number of pyridine rings is 1. The van der Waals surface area contributed by atoms with Gasteiger partial charge in [-0.25, -0.2) is 0 Å². The smallest absolute Gasteiger partial charge is 0.123 e. The van der Waals surface area contributed by atoms with Gasteiger partial charge in [0.2, 0.25) is 0 Å². The van der Waals surface area contributed by atoms with Gasteiger partial charge in [0.15, 0.2) is 0 Å². The van der Waals surface area contributed by atoms with Gasteiger partial charge in [-0.3, -0.25) is 4.98 Å². The van der Waals surface area contributed by atoms with Gasteiger partial charge in [-0.15, -0.1) is 0 Å². The van der Waals surface area contributed by atoms with E-state index in [-0.39, 0.29) is 0 Å². The van der Waals surface area contributed by atoms with Crippen LogP contribution in [0.15, 0.2) is 40.9 Å². The second-order valence-electron chi connectivity index (χ2n) is 4.94. The van der Waals surface area contributed by atoms with Crippen LogP contribution in [0.2, 0.25) is 0 Å². The number of rotatable bonds is 3. The summed E-state index contributed by atoms with van der Waals surface area (Å²) in [4.78, 5) is 4.30. The van der Waals surface area contributed by atoms with Crippen LogP contribution in [-0.2, 0) is 6.54 Å². The topological polar surface area (TPSA) is 64.1 Å². The Bertz CT molecular complexity index is 762. The van der Waals surface area contributed by atoms with Gasteiger partial charge < -0.3 is 15.5 Å². The van der Waals surface area contributed by atoms with Crippen molar-refractivity contribution in [3.63, 3.8) is 0 Å². The fraction of sp³-hybridized carbons (Fsp3) is 0.188. The van der Waals surface area contributed by atoms with Gasteiger partial charge in [0, 0.05) is 34.0 Å². The van der Waals surface area contributed by atoms with Crippen molar-refractivity contribution in [3.05, 3.63) is 53.7 Å². The lowest BCUT2D eigenvalue weighted by Crippen LogP contribution is -2.00. The normalized spacial score (nSPS) is 10.9. The second kappa shape index (κ2) is 4.89. The Kier molecular flexibility index (Phi) is 3.06. The van der Waals surface area contributed by atoms with E-state index < -0.39 is 0 Å². The van der Waals surface area contributed by atoms with Gasteiger partial charge in [0.1, 0.15) is 11.5 Å². The fourth-order valence-electron chi connectivity index (χ4n) is 2.28. The Balaban J connectivity index is 1.95. The maximum atomic E-state index is 6.00. The van der Waals surface area contributed by atoms with Gasteiger partial charge in [0.05, 0.1) is 6.54 Å². The van der Waals surface area contributed by atoms with Crippen molar-refractivity contribution in [2.45, 2.75) is 20.4 Å². The van der Waals surface area contributed by atoms with Crippen LogP contribution >= 0.6 is 0 Å². The van der Waals surface area contributed by atoms with Gasteiger partial charge in [0.25, 0.3) is 0 Å². The summed E-state index contributed by atoms with van der Waals surface area (Å²) in [6.07, 6.45) is 1.82. The molecule has 2 aromatic heterocycles. The Hall–Kier alpha value is -2.49. The minimum absolute atomic E-state index is 0.647. The third kappa shape index (κ3) is 2.32. The summed E-state index contributed by atoms with van der Waals surface area (Å²) in [6.45, 7) is 4.56. The van der Waals surface area contributed by atoms with E-state index in [2.05, 4.69) is 10.3 Å². The number of hydrogen-bond acceptors (Lipinski definition) is 4. The average Bonchev–Trinajstić information content (AvgIpc) is 2.84. The van der Waals surface area contributed by atoms with Crippen molar-refractivity contribution in [2.24, 2.45) is 0 Å². The van der Waals surface area contributed by atoms with Crippen LogP contribution < -0.4 is 11.1 Å². The van der Waals surface area contributed by atoms with E-state index >= 15 is 0 Å². The summed E-state index contributed by atoms with van der Waals surface area (Å²) in [6, 6.07) is 9.88. The highest BCUT2D eigenvalue weighted by molar-refractivity contribution is 6.00.